The number of carbonyl (C=O) groups is 1. The maximum Gasteiger partial charge on any atom is 0.349 e. The standard InChI is InChI=1S/C21H17N3O3/c25-20(17-11-14-5-1-2-6-18(14)27-21(17)26)24(15-8-9-15)13-16-12-22-19-7-3-4-10-23(16)19/h1-7,10-12,15H,8-9,13H2. The highest BCUT2D eigenvalue weighted by Crippen LogP contribution is 2.30. The quantitative estimate of drug-likeness (QED) is 0.525. The van der Waals surface area contributed by atoms with Gasteiger partial charge in [0.15, 0.2) is 0 Å². The van der Waals surface area contributed by atoms with Crippen LogP contribution in [0.2, 0.25) is 0 Å². The van der Waals surface area contributed by atoms with Crippen molar-refractivity contribution in [1.82, 2.24) is 14.3 Å². The van der Waals surface area contributed by atoms with Crippen molar-refractivity contribution in [1.29, 1.82) is 0 Å². The van der Waals surface area contributed by atoms with Gasteiger partial charge in [-0.05, 0) is 37.1 Å². The average molecular weight is 359 g/mol. The number of hydrogen-bond donors (Lipinski definition) is 0. The molecule has 0 radical (unpaired) electrons. The van der Waals surface area contributed by atoms with E-state index in [1.807, 2.05) is 40.9 Å². The molecule has 1 aliphatic carbocycles. The Bertz CT molecular complexity index is 1220. The zero-order chi connectivity index (χ0) is 18.4. The molecule has 0 unspecified atom stereocenters. The Kier molecular flexibility index (Phi) is 3.57. The summed E-state index contributed by atoms with van der Waals surface area (Å²) < 4.78 is 7.31. The topological polar surface area (TPSA) is 67.8 Å². The monoisotopic (exact) mass is 359 g/mol. The van der Waals surface area contributed by atoms with Gasteiger partial charge < -0.3 is 13.7 Å². The minimum Gasteiger partial charge on any atom is -0.422 e. The largest absolute Gasteiger partial charge is 0.422 e. The first-order chi connectivity index (χ1) is 13.2. The molecule has 1 fully saturated rings. The lowest BCUT2D eigenvalue weighted by Crippen LogP contribution is -2.35. The Balaban J connectivity index is 1.53. The summed E-state index contributed by atoms with van der Waals surface area (Å²) in [6, 6.07) is 14.8. The fourth-order valence-corrected chi connectivity index (χ4v) is 3.40. The highest BCUT2D eigenvalue weighted by molar-refractivity contribution is 5.97. The third kappa shape index (κ3) is 2.79. The Morgan fingerprint density at radius 1 is 1.19 bits per heavy atom. The van der Waals surface area contributed by atoms with Crippen LogP contribution in [0, 0.1) is 0 Å². The first-order valence-corrected chi connectivity index (χ1v) is 8.95. The molecule has 0 atom stereocenters. The van der Waals surface area contributed by atoms with E-state index in [1.165, 1.54) is 0 Å². The lowest BCUT2D eigenvalue weighted by molar-refractivity contribution is 0.0723. The van der Waals surface area contributed by atoms with Crippen LogP contribution in [0.3, 0.4) is 0 Å². The maximum atomic E-state index is 13.2. The number of nitrogens with zero attached hydrogens (tertiary/aromatic N) is 3. The van der Waals surface area contributed by atoms with Crippen LogP contribution >= 0.6 is 0 Å². The molecule has 3 aromatic heterocycles. The number of pyridine rings is 1. The molecule has 27 heavy (non-hydrogen) atoms. The van der Waals surface area contributed by atoms with Gasteiger partial charge in [-0.1, -0.05) is 24.3 Å². The molecular weight excluding hydrogens is 342 g/mol. The Hall–Kier alpha value is -3.41. The number of hydrogen-bond acceptors (Lipinski definition) is 4. The molecule has 0 saturated heterocycles. The summed E-state index contributed by atoms with van der Waals surface area (Å²) in [4.78, 5) is 31.7. The fourth-order valence-electron chi connectivity index (χ4n) is 3.40. The first-order valence-electron chi connectivity index (χ1n) is 8.95. The van der Waals surface area contributed by atoms with Crippen LogP contribution in [0.1, 0.15) is 28.9 Å². The summed E-state index contributed by atoms with van der Waals surface area (Å²) in [6.07, 6.45) is 5.60. The van der Waals surface area contributed by atoms with Gasteiger partial charge in [-0.15, -0.1) is 0 Å². The van der Waals surface area contributed by atoms with Crippen LogP contribution < -0.4 is 5.63 Å². The van der Waals surface area contributed by atoms with E-state index >= 15 is 0 Å². The minimum absolute atomic E-state index is 0.0782. The van der Waals surface area contributed by atoms with Crippen molar-refractivity contribution in [3.63, 3.8) is 0 Å². The average Bonchev–Trinajstić information content (AvgIpc) is 3.45. The molecule has 1 aliphatic rings. The number of aromatic nitrogens is 2. The Morgan fingerprint density at radius 3 is 2.85 bits per heavy atom. The van der Waals surface area contributed by atoms with Gasteiger partial charge in [-0.25, -0.2) is 9.78 Å². The van der Waals surface area contributed by atoms with Crippen molar-refractivity contribution in [3.8, 4) is 0 Å². The van der Waals surface area contributed by atoms with Crippen LogP contribution in [0.5, 0.6) is 0 Å². The van der Waals surface area contributed by atoms with Gasteiger partial charge in [0.05, 0.1) is 18.4 Å². The lowest BCUT2D eigenvalue weighted by atomic mass is 10.1. The zero-order valence-corrected chi connectivity index (χ0v) is 14.5. The third-order valence-electron chi connectivity index (χ3n) is 4.95. The maximum absolute atomic E-state index is 13.2. The zero-order valence-electron chi connectivity index (χ0n) is 14.5. The summed E-state index contributed by atoms with van der Waals surface area (Å²) in [7, 11) is 0. The van der Waals surface area contributed by atoms with Crippen LogP contribution in [0.15, 0.2) is 70.1 Å². The van der Waals surface area contributed by atoms with Crippen molar-refractivity contribution < 1.29 is 9.21 Å². The fraction of sp³-hybridized carbons (Fsp3) is 0.190. The molecular formula is C21H17N3O3. The SMILES string of the molecule is O=C(c1cc2ccccc2oc1=O)N(Cc1cnc2ccccn12)C1CC1. The highest BCUT2D eigenvalue weighted by atomic mass is 16.4. The summed E-state index contributed by atoms with van der Waals surface area (Å²) in [5.74, 6) is -0.289. The number of para-hydroxylation sites is 1. The molecule has 3 heterocycles. The highest BCUT2D eigenvalue weighted by Gasteiger charge is 2.35. The van der Waals surface area contributed by atoms with Gasteiger partial charge in [0, 0.05) is 17.6 Å². The molecule has 0 spiro atoms. The molecule has 4 aromatic rings. The van der Waals surface area contributed by atoms with Crippen molar-refractivity contribution in [2.45, 2.75) is 25.4 Å². The molecule has 5 rings (SSSR count). The van der Waals surface area contributed by atoms with E-state index in [0.29, 0.717) is 12.1 Å². The summed E-state index contributed by atoms with van der Waals surface area (Å²) in [5.41, 5.74) is 1.72. The summed E-state index contributed by atoms with van der Waals surface area (Å²) >= 11 is 0. The predicted molar refractivity (Wildman–Crippen MR) is 101 cm³/mol. The predicted octanol–water partition coefficient (Wildman–Crippen LogP) is 3.25. The molecule has 0 aliphatic heterocycles. The number of carbonyl (C=O) groups excluding carboxylic acids is 1. The Morgan fingerprint density at radius 2 is 2.00 bits per heavy atom. The van der Waals surface area contributed by atoms with Crippen LogP contribution in [0.4, 0.5) is 0 Å². The van der Waals surface area contributed by atoms with E-state index in [2.05, 4.69) is 4.98 Å². The van der Waals surface area contributed by atoms with E-state index in [1.54, 1.807) is 29.3 Å². The van der Waals surface area contributed by atoms with Crippen LogP contribution in [-0.2, 0) is 6.54 Å². The number of imidazole rings is 1. The smallest absolute Gasteiger partial charge is 0.349 e. The van der Waals surface area contributed by atoms with Gasteiger partial charge in [0.25, 0.3) is 5.91 Å². The van der Waals surface area contributed by atoms with Crippen molar-refractivity contribution in [3.05, 3.63) is 82.6 Å². The molecule has 1 saturated carbocycles. The number of rotatable bonds is 4. The van der Waals surface area contributed by atoms with Crippen LogP contribution in [-0.4, -0.2) is 26.2 Å². The summed E-state index contributed by atoms with van der Waals surface area (Å²) in [5, 5.41) is 0.742. The van der Waals surface area contributed by atoms with Crippen molar-refractivity contribution in [2.24, 2.45) is 0 Å². The normalized spacial score (nSPS) is 13.9. The molecule has 134 valence electrons. The Labute approximate surface area is 154 Å². The molecule has 1 amide bonds. The van der Waals surface area contributed by atoms with Gasteiger partial charge in [-0.3, -0.25) is 4.79 Å². The second-order valence-electron chi connectivity index (χ2n) is 6.83. The van der Waals surface area contributed by atoms with E-state index in [0.717, 1.165) is 29.6 Å². The van der Waals surface area contributed by atoms with Gasteiger partial charge >= 0.3 is 5.63 Å². The van der Waals surface area contributed by atoms with E-state index in [9.17, 15) is 9.59 Å². The number of amides is 1. The lowest BCUT2D eigenvalue weighted by Gasteiger charge is -2.22. The molecule has 0 bridgehead atoms. The molecule has 6 heteroatoms. The molecule has 0 N–H and O–H groups in total. The molecule has 1 aromatic carbocycles. The van der Waals surface area contributed by atoms with Gasteiger partial charge in [0.1, 0.15) is 16.8 Å². The summed E-state index contributed by atoms with van der Waals surface area (Å²) in [6.45, 7) is 0.404. The van der Waals surface area contributed by atoms with Crippen LogP contribution in [0.25, 0.3) is 16.6 Å². The third-order valence-corrected chi connectivity index (χ3v) is 4.95. The van der Waals surface area contributed by atoms with Gasteiger partial charge in [-0.2, -0.15) is 0 Å². The number of benzene rings is 1. The van der Waals surface area contributed by atoms with Gasteiger partial charge in [0.2, 0.25) is 0 Å². The number of fused-ring (bicyclic) bond motifs is 2. The minimum atomic E-state index is -0.595. The van der Waals surface area contributed by atoms with Crippen molar-refractivity contribution >= 4 is 22.5 Å². The van der Waals surface area contributed by atoms with E-state index < -0.39 is 5.63 Å². The first kappa shape index (κ1) is 15.8. The van der Waals surface area contributed by atoms with E-state index in [4.69, 9.17) is 4.42 Å². The second-order valence-corrected chi connectivity index (χ2v) is 6.83. The second kappa shape index (κ2) is 6.09. The molecule has 6 nitrogen and oxygen atoms in total. The van der Waals surface area contributed by atoms with Crippen molar-refractivity contribution in [2.75, 3.05) is 0 Å². The van der Waals surface area contributed by atoms with E-state index in [-0.39, 0.29) is 17.5 Å².